The highest BCUT2D eigenvalue weighted by Crippen LogP contribution is 2.12. The lowest BCUT2D eigenvalue weighted by molar-refractivity contribution is 0.0588. The number of rotatable bonds is 3. The second-order valence-electron chi connectivity index (χ2n) is 2.42. The standard InChI is InChI=1S/C8H9FINO2/c1-13-8(12)7-4-6(10)5-11(7)3-2-9/h4-5H,2-3H2,1H3. The molecule has 1 aromatic rings. The fraction of sp³-hybridized carbons (Fsp3) is 0.375. The van der Waals surface area contributed by atoms with Crippen molar-refractivity contribution in [1.29, 1.82) is 0 Å². The van der Waals surface area contributed by atoms with Crippen molar-refractivity contribution in [3.63, 3.8) is 0 Å². The molecule has 0 atom stereocenters. The van der Waals surface area contributed by atoms with E-state index in [4.69, 9.17) is 0 Å². The molecule has 0 amide bonds. The van der Waals surface area contributed by atoms with Gasteiger partial charge in [0.25, 0.3) is 0 Å². The van der Waals surface area contributed by atoms with Gasteiger partial charge in [0.05, 0.1) is 13.7 Å². The first kappa shape index (κ1) is 10.5. The molecule has 3 nitrogen and oxygen atoms in total. The lowest BCUT2D eigenvalue weighted by atomic mass is 10.4. The Morgan fingerprint density at radius 2 is 2.46 bits per heavy atom. The molecule has 0 aliphatic carbocycles. The van der Waals surface area contributed by atoms with Crippen molar-refractivity contribution < 1.29 is 13.9 Å². The number of carbonyl (C=O) groups is 1. The summed E-state index contributed by atoms with van der Waals surface area (Å²) in [6.07, 6.45) is 1.71. The molecule has 1 heterocycles. The number of aryl methyl sites for hydroxylation is 1. The molecule has 72 valence electrons. The zero-order valence-corrected chi connectivity index (χ0v) is 9.25. The van der Waals surface area contributed by atoms with E-state index in [1.54, 1.807) is 16.8 Å². The molecule has 0 aromatic carbocycles. The maximum Gasteiger partial charge on any atom is 0.354 e. The van der Waals surface area contributed by atoms with E-state index in [0.717, 1.165) is 3.57 Å². The molecule has 13 heavy (non-hydrogen) atoms. The van der Waals surface area contributed by atoms with Crippen molar-refractivity contribution in [3.8, 4) is 0 Å². The van der Waals surface area contributed by atoms with Gasteiger partial charge in [0.2, 0.25) is 0 Å². The Labute approximate surface area is 89.0 Å². The Bertz CT molecular complexity index is 311. The van der Waals surface area contributed by atoms with Gasteiger partial charge in [-0.3, -0.25) is 0 Å². The number of methoxy groups -OCH3 is 1. The third-order valence-electron chi connectivity index (χ3n) is 1.58. The van der Waals surface area contributed by atoms with Gasteiger partial charge in [0.15, 0.2) is 0 Å². The molecular formula is C8H9FINO2. The van der Waals surface area contributed by atoms with Crippen LogP contribution in [-0.4, -0.2) is 24.3 Å². The first-order chi connectivity index (χ1) is 6.19. The van der Waals surface area contributed by atoms with Crippen LogP contribution in [0, 0.1) is 3.57 Å². The minimum absolute atomic E-state index is 0.188. The van der Waals surface area contributed by atoms with Crippen LogP contribution in [-0.2, 0) is 11.3 Å². The summed E-state index contributed by atoms with van der Waals surface area (Å²) >= 11 is 2.06. The van der Waals surface area contributed by atoms with Gasteiger partial charge in [0, 0.05) is 9.77 Å². The molecule has 1 aromatic heterocycles. The van der Waals surface area contributed by atoms with Gasteiger partial charge in [-0.1, -0.05) is 0 Å². The Kier molecular flexibility index (Phi) is 3.71. The van der Waals surface area contributed by atoms with Gasteiger partial charge in [0.1, 0.15) is 12.4 Å². The van der Waals surface area contributed by atoms with Crippen LogP contribution in [0.5, 0.6) is 0 Å². The second kappa shape index (κ2) is 4.59. The first-order valence-corrected chi connectivity index (χ1v) is 4.77. The van der Waals surface area contributed by atoms with Crippen LogP contribution >= 0.6 is 22.6 Å². The maximum atomic E-state index is 12.1. The lowest BCUT2D eigenvalue weighted by Crippen LogP contribution is -2.10. The molecule has 0 bridgehead atoms. The van der Waals surface area contributed by atoms with E-state index in [0.29, 0.717) is 5.69 Å². The molecule has 0 unspecified atom stereocenters. The summed E-state index contributed by atoms with van der Waals surface area (Å²) in [5.41, 5.74) is 0.393. The average Bonchev–Trinajstić information content (AvgIpc) is 2.46. The summed E-state index contributed by atoms with van der Waals surface area (Å²) in [4.78, 5) is 11.2. The van der Waals surface area contributed by atoms with E-state index in [1.165, 1.54) is 7.11 Å². The predicted molar refractivity (Wildman–Crippen MR) is 54.5 cm³/mol. The number of aromatic nitrogens is 1. The summed E-state index contributed by atoms with van der Waals surface area (Å²) in [6, 6.07) is 1.67. The van der Waals surface area contributed by atoms with Crippen LogP contribution in [0.3, 0.4) is 0 Å². The number of hydrogen-bond acceptors (Lipinski definition) is 2. The number of nitrogens with zero attached hydrogens (tertiary/aromatic N) is 1. The normalized spacial score (nSPS) is 10.1. The highest BCUT2D eigenvalue weighted by Gasteiger charge is 2.12. The van der Waals surface area contributed by atoms with Crippen molar-refractivity contribution in [2.45, 2.75) is 6.54 Å². The maximum absolute atomic E-state index is 12.1. The number of ether oxygens (including phenoxy) is 1. The number of alkyl halides is 1. The van der Waals surface area contributed by atoms with E-state index in [1.807, 2.05) is 0 Å². The molecule has 0 saturated carbocycles. The number of esters is 1. The fourth-order valence-corrected chi connectivity index (χ4v) is 1.66. The van der Waals surface area contributed by atoms with Crippen LogP contribution in [0.25, 0.3) is 0 Å². The van der Waals surface area contributed by atoms with Gasteiger partial charge in [-0.15, -0.1) is 0 Å². The molecule has 0 radical (unpaired) electrons. The van der Waals surface area contributed by atoms with Gasteiger partial charge < -0.3 is 9.30 Å². The SMILES string of the molecule is COC(=O)c1cc(I)cn1CCF. The zero-order chi connectivity index (χ0) is 9.84. The Morgan fingerprint density at radius 1 is 1.77 bits per heavy atom. The summed E-state index contributed by atoms with van der Waals surface area (Å²) in [6.45, 7) is -0.303. The Balaban J connectivity index is 2.96. The van der Waals surface area contributed by atoms with Crippen LogP contribution in [0.2, 0.25) is 0 Å². The first-order valence-electron chi connectivity index (χ1n) is 3.69. The monoisotopic (exact) mass is 297 g/mol. The summed E-state index contributed by atoms with van der Waals surface area (Å²) in [5.74, 6) is -0.434. The van der Waals surface area contributed by atoms with Gasteiger partial charge in [-0.2, -0.15) is 0 Å². The third-order valence-corrected chi connectivity index (χ3v) is 2.17. The number of halogens is 2. The fourth-order valence-electron chi connectivity index (χ4n) is 1.03. The summed E-state index contributed by atoms with van der Waals surface area (Å²) < 4.78 is 19.1. The highest BCUT2D eigenvalue weighted by molar-refractivity contribution is 14.1. The van der Waals surface area contributed by atoms with Crippen molar-refractivity contribution in [2.24, 2.45) is 0 Å². The van der Waals surface area contributed by atoms with Crippen molar-refractivity contribution in [2.75, 3.05) is 13.8 Å². The Hall–Kier alpha value is -0.590. The molecule has 0 aliphatic rings. The zero-order valence-electron chi connectivity index (χ0n) is 7.09. The smallest absolute Gasteiger partial charge is 0.354 e. The van der Waals surface area contributed by atoms with Crippen molar-refractivity contribution in [3.05, 3.63) is 21.5 Å². The quantitative estimate of drug-likeness (QED) is 0.630. The van der Waals surface area contributed by atoms with Crippen LogP contribution in [0.1, 0.15) is 10.5 Å². The van der Waals surface area contributed by atoms with E-state index >= 15 is 0 Å². The van der Waals surface area contributed by atoms with Gasteiger partial charge in [-0.05, 0) is 28.7 Å². The van der Waals surface area contributed by atoms with E-state index < -0.39 is 12.6 Å². The number of hydrogen-bond donors (Lipinski definition) is 0. The minimum atomic E-state index is -0.491. The van der Waals surface area contributed by atoms with Gasteiger partial charge >= 0.3 is 5.97 Å². The summed E-state index contributed by atoms with van der Waals surface area (Å²) in [5, 5.41) is 0. The van der Waals surface area contributed by atoms with E-state index in [9.17, 15) is 9.18 Å². The van der Waals surface area contributed by atoms with Crippen molar-refractivity contribution >= 4 is 28.6 Å². The molecule has 0 fully saturated rings. The lowest BCUT2D eigenvalue weighted by Gasteiger charge is -2.03. The molecule has 5 heteroatoms. The highest BCUT2D eigenvalue weighted by atomic mass is 127. The third kappa shape index (κ3) is 2.43. The molecular weight excluding hydrogens is 288 g/mol. The second-order valence-corrected chi connectivity index (χ2v) is 3.66. The van der Waals surface area contributed by atoms with E-state index in [2.05, 4.69) is 27.3 Å². The Morgan fingerprint density at radius 3 is 3.00 bits per heavy atom. The predicted octanol–water partition coefficient (Wildman–Crippen LogP) is 1.85. The van der Waals surface area contributed by atoms with Crippen LogP contribution < -0.4 is 0 Å². The molecule has 0 N–H and O–H groups in total. The molecule has 0 spiro atoms. The summed E-state index contributed by atoms with van der Waals surface area (Å²) in [7, 11) is 1.31. The average molecular weight is 297 g/mol. The largest absolute Gasteiger partial charge is 0.464 e. The van der Waals surface area contributed by atoms with Gasteiger partial charge in [-0.25, -0.2) is 9.18 Å². The van der Waals surface area contributed by atoms with Crippen LogP contribution in [0.15, 0.2) is 12.3 Å². The minimum Gasteiger partial charge on any atom is -0.464 e. The van der Waals surface area contributed by atoms with Crippen LogP contribution in [0.4, 0.5) is 4.39 Å². The van der Waals surface area contributed by atoms with Crippen molar-refractivity contribution in [1.82, 2.24) is 4.57 Å². The van der Waals surface area contributed by atoms with E-state index in [-0.39, 0.29) is 6.54 Å². The number of carbonyl (C=O) groups excluding carboxylic acids is 1. The molecule has 0 saturated heterocycles. The topological polar surface area (TPSA) is 31.2 Å². The molecule has 1 rings (SSSR count). The molecule has 0 aliphatic heterocycles.